The number of benzene rings is 1. The number of hydrogen-bond acceptors (Lipinski definition) is 4. The lowest BCUT2D eigenvalue weighted by atomic mass is 10.0. The average Bonchev–Trinajstić information content (AvgIpc) is 3.57. The van der Waals surface area contributed by atoms with E-state index >= 15 is 0 Å². The molecule has 194 valence electrons. The van der Waals surface area contributed by atoms with Crippen molar-refractivity contribution >= 4 is 17.8 Å². The highest BCUT2D eigenvalue weighted by Gasteiger charge is 2.45. The fourth-order valence-electron chi connectivity index (χ4n) is 5.62. The molecule has 0 spiro atoms. The molecule has 3 aliphatic rings. The predicted molar refractivity (Wildman–Crippen MR) is 127 cm³/mol. The molecule has 0 atom stereocenters. The molecule has 3 aliphatic heterocycles. The quantitative estimate of drug-likeness (QED) is 0.649. The number of nitrogens with one attached hydrogen (secondary N) is 2. The van der Waals surface area contributed by atoms with Gasteiger partial charge in [0.1, 0.15) is 0 Å². The van der Waals surface area contributed by atoms with Crippen LogP contribution in [0.4, 0.5) is 23.8 Å². The van der Waals surface area contributed by atoms with Crippen LogP contribution in [0.25, 0.3) is 0 Å². The molecular weight excluding hydrogens is 473 g/mol. The summed E-state index contributed by atoms with van der Waals surface area (Å²) in [5.74, 6) is -0.282. The minimum Gasteiger partial charge on any atom is -0.325 e. The number of anilines is 1. The van der Waals surface area contributed by atoms with Crippen molar-refractivity contribution in [2.24, 2.45) is 0 Å². The first kappa shape index (κ1) is 24.6. The van der Waals surface area contributed by atoms with Gasteiger partial charge in [-0.25, -0.2) is 4.79 Å². The van der Waals surface area contributed by atoms with Gasteiger partial charge in [0.2, 0.25) is 0 Å². The molecule has 0 radical (unpaired) electrons. The maximum atomic E-state index is 13.5. The molecule has 2 N–H and O–H groups in total. The van der Waals surface area contributed by atoms with Crippen LogP contribution in [0.3, 0.4) is 0 Å². The van der Waals surface area contributed by atoms with E-state index in [0.29, 0.717) is 11.6 Å². The number of piperidine rings is 1. The van der Waals surface area contributed by atoms with Crippen LogP contribution in [0.1, 0.15) is 66.7 Å². The minimum absolute atomic E-state index is 0.0375. The Morgan fingerprint density at radius 3 is 2.31 bits per heavy atom. The monoisotopic (exact) mass is 504 g/mol. The Hall–Kier alpha value is -3.08. The Labute approximate surface area is 207 Å². The van der Waals surface area contributed by atoms with Gasteiger partial charge < -0.3 is 20.0 Å². The van der Waals surface area contributed by atoms with Gasteiger partial charge in [0.05, 0.1) is 23.3 Å². The first-order valence-corrected chi connectivity index (χ1v) is 12.4. The number of carbonyl (C=O) groups is 2. The Balaban J connectivity index is 1.25. The molecule has 1 aromatic heterocycles. The van der Waals surface area contributed by atoms with Gasteiger partial charge in [0.15, 0.2) is 5.82 Å². The summed E-state index contributed by atoms with van der Waals surface area (Å²) in [5, 5.41) is 9.87. The molecule has 0 aliphatic carbocycles. The highest BCUT2D eigenvalue weighted by Crippen LogP contribution is 2.41. The third kappa shape index (κ3) is 4.44. The molecule has 0 saturated carbocycles. The van der Waals surface area contributed by atoms with Crippen molar-refractivity contribution in [2.75, 3.05) is 31.5 Å². The Bertz CT molecular complexity index is 1130. The zero-order valence-electron chi connectivity index (χ0n) is 20.5. The van der Waals surface area contributed by atoms with Gasteiger partial charge in [-0.05, 0) is 76.9 Å². The second-order valence-corrected chi connectivity index (χ2v) is 10.3. The zero-order valence-corrected chi connectivity index (χ0v) is 20.5. The van der Waals surface area contributed by atoms with Crippen molar-refractivity contribution in [1.82, 2.24) is 24.9 Å². The van der Waals surface area contributed by atoms with Crippen LogP contribution in [-0.4, -0.2) is 69.1 Å². The molecule has 3 amide bonds. The molecule has 0 unspecified atom stereocenters. The van der Waals surface area contributed by atoms with Crippen LogP contribution in [0.15, 0.2) is 24.3 Å². The van der Waals surface area contributed by atoms with E-state index in [1.165, 1.54) is 12.8 Å². The van der Waals surface area contributed by atoms with Gasteiger partial charge in [-0.3, -0.25) is 9.89 Å². The topological polar surface area (TPSA) is 84.6 Å². The number of likely N-dealkylation sites (tertiary alicyclic amines) is 2. The summed E-state index contributed by atoms with van der Waals surface area (Å²) >= 11 is 0. The first-order valence-electron chi connectivity index (χ1n) is 12.4. The number of nitrogens with zero attached hydrogens (tertiary/aromatic N) is 4. The largest absolute Gasteiger partial charge is 0.416 e. The Kier molecular flexibility index (Phi) is 6.22. The molecule has 1 aromatic carbocycles. The highest BCUT2D eigenvalue weighted by molar-refractivity contribution is 6.04. The van der Waals surface area contributed by atoms with E-state index in [0.717, 1.165) is 69.0 Å². The summed E-state index contributed by atoms with van der Waals surface area (Å²) in [5.41, 5.74) is 0.0692. The normalized spacial score (nSPS) is 20.6. The average molecular weight is 505 g/mol. The first-order chi connectivity index (χ1) is 17.1. The fraction of sp³-hybridized carbons (Fsp3) is 0.560. The second kappa shape index (κ2) is 9.10. The lowest BCUT2D eigenvalue weighted by molar-refractivity contribution is -0.137. The van der Waals surface area contributed by atoms with Crippen molar-refractivity contribution in [3.8, 4) is 0 Å². The van der Waals surface area contributed by atoms with Gasteiger partial charge in [0.25, 0.3) is 5.91 Å². The van der Waals surface area contributed by atoms with E-state index in [1.807, 2.05) is 18.7 Å². The lowest BCUT2D eigenvalue weighted by Gasteiger charge is -2.41. The molecule has 4 heterocycles. The van der Waals surface area contributed by atoms with Gasteiger partial charge in [-0.2, -0.15) is 18.3 Å². The van der Waals surface area contributed by atoms with Crippen LogP contribution >= 0.6 is 0 Å². The Morgan fingerprint density at radius 2 is 1.69 bits per heavy atom. The molecule has 8 nitrogen and oxygen atoms in total. The second-order valence-electron chi connectivity index (χ2n) is 10.3. The van der Waals surface area contributed by atoms with Crippen molar-refractivity contribution < 1.29 is 22.8 Å². The number of carbonyl (C=O) groups excluding carboxylic acids is 2. The van der Waals surface area contributed by atoms with Crippen molar-refractivity contribution in [3.63, 3.8) is 0 Å². The summed E-state index contributed by atoms with van der Waals surface area (Å²) in [7, 11) is 0. The van der Waals surface area contributed by atoms with Crippen LogP contribution in [0, 0.1) is 0 Å². The summed E-state index contributed by atoms with van der Waals surface area (Å²) in [4.78, 5) is 32.4. The number of urea groups is 1. The lowest BCUT2D eigenvalue weighted by Crippen LogP contribution is -2.52. The molecule has 5 rings (SSSR count). The van der Waals surface area contributed by atoms with Gasteiger partial charge in [-0.1, -0.05) is 0 Å². The summed E-state index contributed by atoms with van der Waals surface area (Å²) < 4.78 is 38.5. The number of fused-ring (bicyclic) bond motifs is 1. The number of alkyl halides is 3. The number of hydrogen-bond donors (Lipinski definition) is 2. The maximum absolute atomic E-state index is 13.5. The molecular formula is C25H31F3N6O2. The summed E-state index contributed by atoms with van der Waals surface area (Å²) in [6.07, 6.45) is -0.0130. The van der Waals surface area contributed by atoms with Gasteiger partial charge in [0, 0.05) is 30.3 Å². The van der Waals surface area contributed by atoms with E-state index in [-0.39, 0.29) is 24.0 Å². The van der Waals surface area contributed by atoms with E-state index in [1.54, 1.807) is 4.90 Å². The third-order valence-corrected chi connectivity index (χ3v) is 7.80. The number of H-pyrrole nitrogens is 1. The molecule has 0 bridgehead atoms. The number of aromatic amines is 1. The fourth-order valence-corrected chi connectivity index (χ4v) is 5.62. The smallest absolute Gasteiger partial charge is 0.325 e. The number of halogens is 3. The number of rotatable bonds is 3. The molecule has 2 aromatic rings. The van der Waals surface area contributed by atoms with Gasteiger partial charge in [-0.15, -0.1) is 0 Å². The van der Waals surface area contributed by atoms with Crippen LogP contribution in [0.2, 0.25) is 0 Å². The number of amides is 3. The minimum atomic E-state index is -4.47. The standard InChI is InChI=1S/C25H31F3N6O2/c1-24(2)20-19(15-34(24)23(36)33-13-9-18(10-14-33)32-11-3-4-12-32)21(31-30-20)29-22(35)16-5-7-17(8-6-16)25(26,27)28/h5-8,18H,3-4,9-15H2,1-2H3,(H2,29,30,31,35). The molecule has 2 fully saturated rings. The van der Waals surface area contributed by atoms with E-state index in [9.17, 15) is 22.8 Å². The van der Waals surface area contributed by atoms with E-state index < -0.39 is 23.2 Å². The van der Waals surface area contributed by atoms with E-state index in [2.05, 4.69) is 20.4 Å². The highest BCUT2D eigenvalue weighted by atomic mass is 19.4. The Morgan fingerprint density at radius 1 is 1.06 bits per heavy atom. The van der Waals surface area contributed by atoms with Crippen molar-refractivity contribution in [1.29, 1.82) is 0 Å². The molecule has 11 heteroatoms. The number of aromatic nitrogens is 2. The van der Waals surface area contributed by atoms with Crippen LogP contribution < -0.4 is 5.32 Å². The van der Waals surface area contributed by atoms with Crippen molar-refractivity contribution in [3.05, 3.63) is 46.6 Å². The third-order valence-electron chi connectivity index (χ3n) is 7.80. The molecule has 2 saturated heterocycles. The van der Waals surface area contributed by atoms with Crippen LogP contribution in [-0.2, 0) is 18.3 Å². The summed E-state index contributed by atoms with van der Waals surface area (Å²) in [6, 6.07) is 4.53. The van der Waals surface area contributed by atoms with Crippen molar-refractivity contribution in [2.45, 2.75) is 63.8 Å². The SMILES string of the molecule is CC1(C)c2[nH]nc(NC(=O)c3ccc(C(F)(F)F)cc3)c2CN1C(=O)N1CCC(N2CCCC2)CC1. The summed E-state index contributed by atoms with van der Waals surface area (Å²) in [6.45, 7) is 7.90. The van der Waals surface area contributed by atoms with E-state index in [4.69, 9.17) is 0 Å². The molecule has 36 heavy (non-hydrogen) atoms. The van der Waals surface area contributed by atoms with Crippen LogP contribution in [0.5, 0.6) is 0 Å². The van der Waals surface area contributed by atoms with Gasteiger partial charge >= 0.3 is 12.2 Å². The zero-order chi connectivity index (χ0) is 25.7. The maximum Gasteiger partial charge on any atom is 0.416 e. The predicted octanol–water partition coefficient (Wildman–Crippen LogP) is 4.41.